The number of hydrogen-bond acceptors (Lipinski definition) is 2. The second-order valence-corrected chi connectivity index (χ2v) is 6.44. The fraction of sp³-hybridized carbons (Fsp3) is 0.533. The summed E-state index contributed by atoms with van der Waals surface area (Å²) >= 11 is 3.32. The largest absolute Gasteiger partial charge is 0.370 e. The van der Waals surface area contributed by atoms with Crippen LogP contribution < -0.4 is 5.73 Å². The molecule has 1 amide bonds. The SMILES string of the molecule is NC(=O)CC[C@H]1CCCN(Cc2cc(F)cc(Br)c2)C1. The van der Waals surface area contributed by atoms with Crippen molar-refractivity contribution in [3.63, 3.8) is 0 Å². The number of amides is 1. The molecule has 2 N–H and O–H groups in total. The third kappa shape index (κ3) is 4.87. The van der Waals surface area contributed by atoms with Gasteiger partial charge in [-0.2, -0.15) is 0 Å². The van der Waals surface area contributed by atoms with Crippen LogP contribution in [0.2, 0.25) is 0 Å². The van der Waals surface area contributed by atoms with Crippen LogP contribution in [0.5, 0.6) is 0 Å². The molecule has 110 valence electrons. The van der Waals surface area contributed by atoms with E-state index in [0.29, 0.717) is 12.3 Å². The maximum absolute atomic E-state index is 13.4. The van der Waals surface area contributed by atoms with Gasteiger partial charge in [0.1, 0.15) is 5.82 Å². The Morgan fingerprint density at radius 1 is 1.45 bits per heavy atom. The number of nitrogens with zero attached hydrogens (tertiary/aromatic N) is 1. The van der Waals surface area contributed by atoms with Crippen molar-refractivity contribution in [2.24, 2.45) is 11.7 Å². The van der Waals surface area contributed by atoms with Crippen molar-refractivity contribution in [1.29, 1.82) is 0 Å². The summed E-state index contributed by atoms with van der Waals surface area (Å²) in [5.74, 6) is 0.0843. The maximum atomic E-state index is 13.4. The van der Waals surface area contributed by atoms with Crippen LogP contribution >= 0.6 is 15.9 Å². The van der Waals surface area contributed by atoms with Gasteiger partial charge in [0.25, 0.3) is 0 Å². The summed E-state index contributed by atoms with van der Waals surface area (Å²) in [5, 5.41) is 0. The van der Waals surface area contributed by atoms with Crippen molar-refractivity contribution in [2.75, 3.05) is 13.1 Å². The van der Waals surface area contributed by atoms with Gasteiger partial charge in [-0.3, -0.25) is 9.69 Å². The number of carbonyl (C=O) groups is 1. The highest BCUT2D eigenvalue weighted by atomic mass is 79.9. The normalized spacial score (nSPS) is 20.0. The van der Waals surface area contributed by atoms with Crippen molar-refractivity contribution in [3.05, 3.63) is 34.1 Å². The van der Waals surface area contributed by atoms with Crippen LogP contribution in [0.1, 0.15) is 31.2 Å². The van der Waals surface area contributed by atoms with Crippen molar-refractivity contribution in [1.82, 2.24) is 4.90 Å². The maximum Gasteiger partial charge on any atom is 0.217 e. The third-order valence-corrected chi connectivity index (χ3v) is 4.19. The molecule has 1 saturated heterocycles. The van der Waals surface area contributed by atoms with E-state index in [1.165, 1.54) is 6.07 Å². The van der Waals surface area contributed by atoms with Crippen molar-refractivity contribution < 1.29 is 9.18 Å². The number of nitrogens with two attached hydrogens (primary N) is 1. The molecule has 1 aliphatic rings. The Balaban J connectivity index is 1.90. The number of piperidine rings is 1. The Kier molecular flexibility index (Phi) is 5.54. The smallest absolute Gasteiger partial charge is 0.217 e. The molecule has 1 heterocycles. The molecule has 1 aliphatic heterocycles. The molecule has 0 aliphatic carbocycles. The first-order valence-corrected chi connectivity index (χ1v) is 7.78. The predicted molar refractivity (Wildman–Crippen MR) is 80.5 cm³/mol. The third-order valence-electron chi connectivity index (χ3n) is 3.73. The van der Waals surface area contributed by atoms with Crippen LogP contribution in [0.3, 0.4) is 0 Å². The van der Waals surface area contributed by atoms with E-state index in [1.54, 1.807) is 6.07 Å². The minimum atomic E-state index is -0.226. The average Bonchev–Trinajstić information content (AvgIpc) is 2.35. The van der Waals surface area contributed by atoms with Crippen LogP contribution in [0, 0.1) is 11.7 Å². The van der Waals surface area contributed by atoms with Gasteiger partial charge in [0.2, 0.25) is 5.91 Å². The summed E-state index contributed by atoms with van der Waals surface area (Å²) in [6.07, 6.45) is 3.60. The Morgan fingerprint density at radius 3 is 2.95 bits per heavy atom. The second kappa shape index (κ2) is 7.18. The number of primary amides is 1. The van der Waals surface area contributed by atoms with E-state index in [2.05, 4.69) is 20.8 Å². The topological polar surface area (TPSA) is 46.3 Å². The summed E-state index contributed by atoms with van der Waals surface area (Å²) in [6.45, 7) is 2.74. The Labute approximate surface area is 127 Å². The first kappa shape index (κ1) is 15.4. The molecule has 0 spiro atoms. The lowest BCUT2D eigenvalue weighted by atomic mass is 9.93. The Bertz CT molecular complexity index is 461. The lowest BCUT2D eigenvalue weighted by molar-refractivity contribution is -0.118. The lowest BCUT2D eigenvalue weighted by Gasteiger charge is -2.32. The Morgan fingerprint density at radius 2 is 2.25 bits per heavy atom. The fourth-order valence-electron chi connectivity index (χ4n) is 2.84. The molecule has 2 rings (SSSR count). The van der Waals surface area contributed by atoms with Crippen molar-refractivity contribution in [3.8, 4) is 0 Å². The highest BCUT2D eigenvalue weighted by Gasteiger charge is 2.20. The standard InChI is InChI=1S/C15H20BrFN2O/c16-13-6-12(7-14(17)8-13)10-19-5-1-2-11(9-19)3-4-15(18)20/h6-8,11H,1-5,9-10H2,(H2,18,20)/t11-/m1/s1. The van der Waals surface area contributed by atoms with Crippen molar-refractivity contribution >= 4 is 21.8 Å². The first-order chi connectivity index (χ1) is 9.52. The molecule has 1 aromatic carbocycles. The van der Waals surface area contributed by atoms with E-state index in [1.807, 2.05) is 6.07 Å². The van der Waals surface area contributed by atoms with Gasteiger partial charge in [0, 0.05) is 24.0 Å². The van der Waals surface area contributed by atoms with E-state index in [9.17, 15) is 9.18 Å². The summed E-state index contributed by atoms with van der Waals surface area (Å²) in [5.41, 5.74) is 6.18. The summed E-state index contributed by atoms with van der Waals surface area (Å²) in [4.78, 5) is 13.2. The molecular formula is C15H20BrFN2O. The molecule has 1 aromatic rings. The Hall–Kier alpha value is -0.940. The monoisotopic (exact) mass is 342 g/mol. The fourth-order valence-corrected chi connectivity index (χ4v) is 3.35. The van der Waals surface area contributed by atoms with Crippen LogP contribution in [-0.4, -0.2) is 23.9 Å². The van der Waals surface area contributed by atoms with Crippen LogP contribution in [0.4, 0.5) is 4.39 Å². The molecule has 0 radical (unpaired) electrons. The van der Waals surface area contributed by atoms with Crippen LogP contribution in [-0.2, 0) is 11.3 Å². The predicted octanol–water partition coefficient (Wildman–Crippen LogP) is 3.07. The van der Waals surface area contributed by atoms with Gasteiger partial charge >= 0.3 is 0 Å². The molecule has 3 nitrogen and oxygen atoms in total. The number of carbonyl (C=O) groups excluding carboxylic acids is 1. The molecule has 0 aromatic heterocycles. The highest BCUT2D eigenvalue weighted by molar-refractivity contribution is 9.10. The number of rotatable bonds is 5. The molecule has 0 bridgehead atoms. The molecule has 20 heavy (non-hydrogen) atoms. The summed E-state index contributed by atoms with van der Waals surface area (Å²) < 4.78 is 14.1. The second-order valence-electron chi connectivity index (χ2n) is 5.53. The van der Waals surface area contributed by atoms with Crippen LogP contribution in [0.25, 0.3) is 0 Å². The zero-order valence-electron chi connectivity index (χ0n) is 11.4. The molecule has 1 fully saturated rings. The number of benzene rings is 1. The molecular weight excluding hydrogens is 323 g/mol. The minimum absolute atomic E-state index is 0.211. The van der Waals surface area contributed by atoms with E-state index in [0.717, 1.165) is 48.9 Å². The van der Waals surface area contributed by atoms with Gasteiger partial charge in [0.05, 0.1) is 0 Å². The van der Waals surface area contributed by atoms with E-state index < -0.39 is 0 Å². The van der Waals surface area contributed by atoms with E-state index in [4.69, 9.17) is 5.73 Å². The number of hydrogen-bond donors (Lipinski definition) is 1. The van der Waals surface area contributed by atoms with Gasteiger partial charge in [0.15, 0.2) is 0 Å². The first-order valence-electron chi connectivity index (χ1n) is 6.98. The van der Waals surface area contributed by atoms with E-state index >= 15 is 0 Å². The van der Waals surface area contributed by atoms with Gasteiger partial charge in [-0.25, -0.2) is 4.39 Å². The number of likely N-dealkylation sites (tertiary alicyclic amines) is 1. The summed E-state index contributed by atoms with van der Waals surface area (Å²) in [6, 6.07) is 5.00. The highest BCUT2D eigenvalue weighted by Crippen LogP contribution is 2.23. The van der Waals surface area contributed by atoms with Gasteiger partial charge in [-0.15, -0.1) is 0 Å². The zero-order valence-corrected chi connectivity index (χ0v) is 13.0. The van der Waals surface area contributed by atoms with E-state index in [-0.39, 0.29) is 11.7 Å². The van der Waals surface area contributed by atoms with Crippen LogP contribution in [0.15, 0.2) is 22.7 Å². The van der Waals surface area contributed by atoms with Crippen molar-refractivity contribution in [2.45, 2.75) is 32.2 Å². The van der Waals surface area contributed by atoms with Gasteiger partial charge in [-0.05, 0) is 55.5 Å². The average molecular weight is 343 g/mol. The quantitative estimate of drug-likeness (QED) is 0.893. The zero-order chi connectivity index (χ0) is 14.5. The molecule has 0 saturated carbocycles. The minimum Gasteiger partial charge on any atom is -0.370 e. The summed E-state index contributed by atoms with van der Waals surface area (Å²) in [7, 11) is 0. The molecule has 5 heteroatoms. The molecule has 0 unspecified atom stereocenters. The molecule has 1 atom stereocenters. The number of halogens is 2. The lowest BCUT2D eigenvalue weighted by Crippen LogP contribution is -2.35. The van der Waals surface area contributed by atoms with Gasteiger partial charge < -0.3 is 5.73 Å². The van der Waals surface area contributed by atoms with Gasteiger partial charge in [-0.1, -0.05) is 15.9 Å².